The van der Waals surface area contributed by atoms with E-state index >= 15 is 0 Å². The van der Waals surface area contributed by atoms with E-state index in [-0.39, 0.29) is 25.3 Å². The van der Waals surface area contributed by atoms with E-state index in [1.165, 1.54) is 4.90 Å². The summed E-state index contributed by atoms with van der Waals surface area (Å²) in [6, 6.07) is -0.902. The second-order valence-corrected chi connectivity index (χ2v) is 5.18. The Bertz CT molecular complexity index is 340. The van der Waals surface area contributed by atoms with Gasteiger partial charge in [0.25, 0.3) is 0 Å². The Kier molecular flexibility index (Phi) is 3.09. The van der Waals surface area contributed by atoms with E-state index in [0.717, 1.165) is 19.3 Å². The Morgan fingerprint density at radius 1 is 1.41 bits per heavy atom. The molecule has 2 rings (SSSR count). The number of hydrogen-bond acceptors (Lipinski definition) is 4. The van der Waals surface area contributed by atoms with Crippen LogP contribution in [0.4, 0.5) is 0 Å². The van der Waals surface area contributed by atoms with Crippen LogP contribution in [0.25, 0.3) is 0 Å². The number of hydrogen-bond donors (Lipinski definition) is 3. The molecule has 6 heteroatoms. The number of nitrogens with two attached hydrogens (primary N) is 1. The number of carbonyl (C=O) groups is 2. The smallest absolute Gasteiger partial charge is 0.326 e. The van der Waals surface area contributed by atoms with Crippen molar-refractivity contribution in [3.63, 3.8) is 0 Å². The molecule has 0 radical (unpaired) electrons. The number of carboxylic acid groups (broad SMARTS) is 1. The van der Waals surface area contributed by atoms with E-state index in [0.29, 0.717) is 0 Å². The van der Waals surface area contributed by atoms with Crippen molar-refractivity contribution in [1.29, 1.82) is 0 Å². The lowest BCUT2D eigenvalue weighted by Crippen LogP contribution is -2.52. The van der Waals surface area contributed by atoms with Crippen LogP contribution in [-0.2, 0) is 9.59 Å². The first-order valence-corrected chi connectivity index (χ1v) is 5.90. The lowest BCUT2D eigenvalue weighted by molar-refractivity contribution is -0.149. The lowest BCUT2D eigenvalue weighted by Gasteiger charge is -2.38. The molecule has 2 aliphatic rings. The van der Waals surface area contributed by atoms with Crippen molar-refractivity contribution in [3.05, 3.63) is 0 Å². The number of carbonyl (C=O) groups excluding carboxylic acids is 1. The highest BCUT2D eigenvalue weighted by atomic mass is 16.4. The van der Waals surface area contributed by atoms with Crippen LogP contribution in [0.3, 0.4) is 0 Å². The average molecular weight is 242 g/mol. The van der Waals surface area contributed by atoms with Crippen molar-refractivity contribution in [2.45, 2.75) is 49.8 Å². The van der Waals surface area contributed by atoms with E-state index < -0.39 is 23.7 Å². The largest absolute Gasteiger partial charge is 0.480 e. The molecule has 0 bridgehead atoms. The molecule has 17 heavy (non-hydrogen) atoms. The third-order valence-electron chi connectivity index (χ3n) is 3.74. The normalized spacial score (nSPS) is 31.1. The summed E-state index contributed by atoms with van der Waals surface area (Å²) in [6.45, 7) is 0.103. The molecule has 4 N–H and O–H groups in total. The molecule has 0 aromatic heterocycles. The minimum absolute atomic E-state index is 0.103. The molecule has 1 amide bonds. The molecule has 0 aromatic carbocycles. The van der Waals surface area contributed by atoms with Crippen molar-refractivity contribution >= 4 is 11.9 Å². The molecule has 1 heterocycles. The van der Waals surface area contributed by atoms with Crippen molar-refractivity contribution in [3.8, 4) is 0 Å². The molecule has 6 nitrogen and oxygen atoms in total. The zero-order chi connectivity index (χ0) is 12.6. The molecule has 2 fully saturated rings. The minimum Gasteiger partial charge on any atom is -0.480 e. The zero-order valence-corrected chi connectivity index (χ0v) is 9.63. The molecular weight excluding hydrogens is 224 g/mol. The second kappa shape index (κ2) is 4.27. The molecule has 0 aromatic rings. The number of nitrogens with zero attached hydrogens (tertiary/aromatic N) is 1. The fraction of sp³-hybridized carbons (Fsp3) is 0.818. The van der Waals surface area contributed by atoms with Crippen molar-refractivity contribution < 1.29 is 19.8 Å². The van der Waals surface area contributed by atoms with Gasteiger partial charge in [-0.2, -0.15) is 0 Å². The molecule has 1 saturated heterocycles. The summed E-state index contributed by atoms with van der Waals surface area (Å²) in [6.07, 6.45) is 2.20. The van der Waals surface area contributed by atoms with Crippen molar-refractivity contribution in [1.82, 2.24) is 4.90 Å². The molecule has 96 valence electrons. The predicted molar refractivity (Wildman–Crippen MR) is 59.1 cm³/mol. The highest BCUT2D eigenvalue weighted by Gasteiger charge is 2.42. The van der Waals surface area contributed by atoms with Crippen LogP contribution < -0.4 is 5.73 Å². The number of aliphatic hydroxyl groups excluding tert-OH is 1. The van der Waals surface area contributed by atoms with Gasteiger partial charge in [0.2, 0.25) is 5.91 Å². The Morgan fingerprint density at radius 3 is 2.53 bits per heavy atom. The average Bonchev–Trinajstić information content (AvgIpc) is 2.58. The Morgan fingerprint density at radius 2 is 2.06 bits per heavy atom. The Hall–Kier alpha value is -1.14. The van der Waals surface area contributed by atoms with Gasteiger partial charge in [-0.3, -0.25) is 4.79 Å². The topological polar surface area (TPSA) is 104 Å². The molecule has 2 atom stereocenters. The first kappa shape index (κ1) is 12.3. The van der Waals surface area contributed by atoms with Gasteiger partial charge in [0.05, 0.1) is 6.10 Å². The number of aliphatic carboxylic acids is 1. The number of amides is 1. The van der Waals surface area contributed by atoms with Crippen molar-refractivity contribution in [2.24, 2.45) is 5.73 Å². The SMILES string of the molecule is NC1(CC(=O)N2C[C@H](O)C[C@@H]2C(=O)O)CCC1. The van der Waals surface area contributed by atoms with E-state index in [4.69, 9.17) is 10.8 Å². The second-order valence-electron chi connectivity index (χ2n) is 5.18. The first-order valence-electron chi connectivity index (χ1n) is 5.90. The van der Waals surface area contributed by atoms with E-state index in [1.807, 2.05) is 0 Å². The van der Waals surface area contributed by atoms with Crippen LogP contribution in [0, 0.1) is 0 Å². The Balaban J connectivity index is 2.00. The molecule has 0 unspecified atom stereocenters. The van der Waals surface area contributed by atoms with Gasteiger partial charge >= 0.3 is 5.97 Å². The molecule has 1 aliphatic carbocycles. The molecule has 0 spiro atoms. The summed E-state index contributed by atoms with van der Waals surface area (Å²) in [5.74, 6) is -1.31. The Labute approximate surface area is 99.4 Å². The maximum atomic E-state index is 12.0. The van der Waals surface area contributed by atoms with Crippen LogP contribution in [-0.4, -0.2) is 51.2 Å². The molecular formula is C11H18N2O4. The highest BCUT2D eigenvalue weighted by Crippen LogP contribution is 2.33. The fourth-order valence-electron chi connectivity index (χ4n) is 2.53. The monoisotopic (exact) mass is 242 g/mol. The summed E-state index contributed by atoms with van der Waals surface area (Å²) in [5, 5.41) is 18.4. The number of likely N-dealkylation sites (tertiary alicyclic amines) is 1. The standard InChI is InChI=1S/C11H18N2O4/c12-11(2-1-3-11)5-9(15)13-6-7(14)4-8(13)10(16)17/h7-8,14H,1-6,12H2,(H,16,17)/t7-,8-/m1/s1. The quantitative estimate of drug-likeness (QED) is 0.607. The third kappa shape index (κ3) is 2.42. The van der Waals surface area contributed by atoms with E-state index in [2.05, 4.69) is 0 Å². The van der Waals surface area contributed by atoms with Gasteiger partial charge in [0.15, 0.2) is 0 Å². The molecule has 1 aliphatic heterocycles. The van der Waals surface area contributed by atoms with Crippen LogP contribution in [0.5, 0.6) is 0 Å². The number of aliphatic hydroxyl groups is 1. The lowest BCUT2D eigenvalue weighted by atomic mass is 9.75. The summed E-state index contributed by atoms with van der Waals surface area (Å²) in [4.78, 5) is 24.2. The van der Waals surface area contributed by atoms with Gasteiger partial charge in [0, 0.05) is 24.9 Å². The fourth-order valence-corrected chi connectivity index (χ4v) is 2.53. The summed E-state index contributed by atoms with van der Waals surface area (Å²) in [7, 11) is 0. The molecule has 1 saturated carbocycles. The predicted octanol–water partition coefficient (Wildman–Crippen LogP) is -0.696. The number of carboxylic acids is 1. The van der Waals surface area contributed by atoms with Gasteiger partial charge in [0.1, 0.15) is 6.04 Å². The van der Waals surface area contributed by atoms with Crippen LogP contribution in [0.2, 0.25) is 0 Å². The third-order valence-corrected chi connectivity index (χ3v) is 3.74. The van der Waals surface area contributed by atoms with Gasteiger partial charge < -0.3 is 20.8 Å². The van der Waals surface area contributed by atoms with Gasteiger partial charge in [-0.15, -0.1) is 0 Å². The summed E-state index contributed by atoms with van der Waals surface area (Å²) >= 11 is 0. The number of β-amino-alcohol motifs (C(OH)–C–C–N with tert-alkyl or cyclic N) is 1. The van der Waals surface area contributed by atoms with Crippen LogP contribution in [0.15, 0.2) is 0 Å². The zero-order valence-electron chi connectivity index (χ0n) is 9.63. The first-order chi connectivity index (χ1) is 7.91. The maximum Gasteiger partial charge on any atom is 0.326 e. The van der Waals surface area contributed by atoms with Gasteiger partial charge in [-0.25, -0.2) is 4.79 Å². The van der Waals surface area contributed by atoms with Crippen molar-refractivity contribution in [2.75, 3.05) is 6.54 Å². The minimum atomic E-state index is -1.06. The van der Waals surface area contributed by atoms with Gasteiger partial charge in [-0.05, 0) is 19.3 Å². The van der Waals surface area contributed by atoms with E-state index in [1.54, 1.807) is 0 Å². The van der Waals surface area contributed by atoms with Crippen LogP contribution in [0.1, 0.15) is 32.1 Å². The summed E-state index contributed by atoms with van der Waals surface area (Å²) in [5.41, 5.74) is 5.52. The van der Waals surface area contributed by atoms with Gasteiger partial charge in [-0.1, -0.05) is 0 Å². The van der Waals surface area contributed by atoms with Crippen LogP contribution >= 0.6 is 0 Å². The summed E-state index contributed by atoms with van der Waals surface area (Å²) < 4.78 is 0. The van der Waals surface area contributed by atoms with E-state index in [9.17, 15) is 14.7 Å². The maximum absolute atomic E-state index is 12.0. The number of rotatable bonds is 3. The highest BCUT2D eigenvalue weighted by molar-refractivity contribution is 5.85.